The van der Waals surface area contributed by atoms with Crippen molar-refractivity contribution in [1.82, 2.24) is 0 Å². The van der Waals surface area contributed by atoms with Gasteiger partial charge in [-0.3, -0.25) is 0 Å². The summed E-state index contributed by atoms with van der Waals surface area (Å²) in [7, 11) is -3.87. The van der Waals surface area contributed by atoms with Crippen molar-refractivity contribution < 1.29 is 18.7 Å². The molecule has 0 aromatic carbocycles. The van der Waals surface area contributed by atoms with Crippen molar-refractivity contribution in [2.75, 3.05) is 6.61 Å². The van der Waals surface area contributed by atoms with E-state index in [-0.39, 0.29) is 28.4 Å². The Morgan fingerprint density at radius 2 is 1.48 bits per heavy atom. The maximum absolute atomic E-state index is 10.5. The van der Waals surface area contributed by atoms with Crippen LogP contribution in [0, 0.1) is 0 Å². The van der Waals surface area contributed by atoms with E-state index in [9.17, 15) is 5.11 Å². The number of aliphatic hydroxyl groups excluding tert-OH is 1. The smallest absolute Gasteiger partial charge is 0.192 e. The SMILES string of the molecule is CC[C@@H](O)[C@H]1C/C=C\C[C@H](O[Si](C)(C)C(C)(C)C)[C@H](CO[Si](C)(C)C(C)(C)C)O1. The monoisotopic (exact) mass is 444 g/mol. The first-order valence-corrected chi connectivity index (χ1v) is 17.1. The number of hydrogen-bond donors (Lipinski definition) is 1. The largest absolute Gasteiger partial charge is 0.414 e. The lowest BCUT2D eigenvalue weighted by Crippen LogP contribution is -2.52. The van der Waals surface area contributed by atoms with E-state index in [2.05, 4.69) is 79.9 Å². The number of aliphatic hydroxyl groups is 1. The highest BCUT2D eigenvalue weighted by Gasteiger charge is 2.43. The molecule has 0 unspecified atom stereocenters. The van der Waals surface area contributed by atoms with Gasteiger partial charge < -0.3 is 18.7 Å². The molecule has 1 heterocycles. The van der Waals surface area contributed by atoms with Crippen molar-refractivity contribution in [3.63, 3.8) is 0 Å². The summed E-state index contributed by atoms with van der Waals surface area (Å²) in [5.41, 5.74) is 0. The van der Waals surface area contributed by atoms with Gasteiger partial charge in [-0.2, -0.15) is 0 Å². The Morgan fingerprint density at radius 3 is 1.97 bits per heavy atom. The lowest BCUT2D eigenvalue weighted by molar-refractivity contribution is -0.126. The average Bonchev–Trinajstić information content (AvgIpc) is 2.54. The Hall–Kier alpha value is 0.0138. The van der Waals surface area contributed by atoms with E-state index < -0.39 is 22.7 Å². The second kappa shape index (κ2) is 10.1. The van der Waals surface area contributed by atoms with Crippen LogP contribution in [0.4, 0.5) is 0 Å². The van der Waals surface area contributed by atoms with Gasteiger partial charge in [0.15, 0.2) is 16.6 Å². The highest BCUT2D eigenvalue weighted by Crippen LogP contribution is 2.40. The molecule has 1 aliphatic heterocycles. The van der Waals surface area contributed by atoms with Crippen LogP contribution in [0.5, 0.6) is 0 Å². The fourth-order valence-electron chi connectivity index (χ4n) is 2.82. The van der Waals surface area contributed by atoms with E-state index in [0.29, 0.717) is 13.0 Å². The van der Waals surface area contributed by atoms with Crippen LogP contribution >= 0.6 is 0 Å². The minimum atomic E-state index is -1.96. The molecule has 1 aliphatic rings. The first-order valence-electron chi connectivity index (χ1n) is 11.3. The summed E-state index contributed by atoms with van der Waals surface area (Å²) < 4.78 is 19.9. The summed E-state index contributed by atoms with van der Waals surface area (Å²) in [4.78, 5) is 0. The van der Waals surface area contributed by atoms with Gasteiger partial charge in [-0.25, -0.2) is 0 Å². The molecule has 172 valence electrons. The van der Waals surface area contributed by atoms with Gasteiger partial charge in [-0.05, 0) is 55.5 Å². The minimum absolute atomic E-state index is 0.0521. The summed E-state index contributed by atoms with van der Waals surface area (Å²) >= 11 is 0. The normalized spacial score (nSPS) is 27.2. The van der Waals surface area contributed by atoms with E-state index in [0.717, 1.165) is 12.8 Å². The Kier molecular flexibility index (Phi) is 9.41. The summed E-state index contributed by atoms with van der Waals surface area (Å²) in [5.74, 6) is 0. The van der Waals surface area contributed by atoms with Crippen molar-refractivity contribution in [3.05, 3.63) is 12.2 Å². The van der Waals surface area contributed by atoms with Crippen LogP contribution < -0.4 is 0 Å². The molecule has 0 saturated carbocycles. The van der Waals surface area contributed by atoms with Gasteiger partial charge in [0.2, 0.25) is 0 Å². The van der Waals surface area contributed by atoms with Crippen LogP contribution in [-0.4, -0.2) is 52.8 Å². The highest BCUT2D eigenvalue weighted by molar-refractivity contribution is 6.74. The van der Waals surface area contributed by atoms with Crippen LogP contribution in [0.15, 0.2) is 12.2 Å². The van der Waals surface area contributed by atoms with Crippen LogP contribution in [0.3, 0.4) is 0 Å². The van der Waals surface area contributed by atoms with E-state index in [1.807, 2.05) is 6.92 Å². The third-order valence-electron chi connectivity index (χ3n) is 7.18. The highest BCUT2D eigenvalue weighted by atomic mass is 28.4. The molecular formula is C23H48O4Si2. The molecule has 1 rings (SSSR count). The number of rotatable bonds is 7. The van der Waals surface area contributed by atoms with Crippen molar-refractivity contribution in [2.24, 2.45) is 0 Å². The maximum atomic E-state index is 10.5. The van der Waals surface area contributed by atoms with E-state index >= 15 is 0 Å². The molecule has 0 amide bonds. The molecule has 0 aromatic rings. The molecule has 1 N–H and O–H groups in total. The molecule has 0 radical (unpaired) electrons. The van der Waals surface area contributed by atoms with Crippen LogP contribution in [0.1, 0.15) is 67.7 Å². The molecule has 29 heavy (non-hydrogen) atoms. The fraction of sp³-hybridized carbons (Fsp3) is 0.913. The van der Waals surface area contributed by atoms with Gasteiger partial charge in [-0.15, -0.1) is 0 Å². The van der Waals surface area contributed by atoms with Gasteiger partial charge >= 0.3 is 0 Å². The quantitative estimate of drug-likeness (QED) is 0.371. The standard InChI is InChI=1S/C23H48O4Si2/c1-12-18(24)19-15-13-14-16-20(27-29(10,11)23(5,6)7)21(26-19)17-25-28(8,9)22(2,3)4/h13-14,18-21,24H,12,15-17H2,1-11H3/b14-13-/t18-,19-,20+,21+/m1/s1. The van der Waals surface area contributed by atoms with Crippen LogP contribution in [0.25, 0.3) is 0 Å². The molecule has 0 aliphatic carbocycles. The molecule has 0 bridgehead atoms. The van der Waals surface area contributed by atoms with Gasteiger partial charge in [0.1, 0.15) is 6.10 Å². The molecule has 0 spiro atoms. The predicted molar refractivity (Wildman–Crippen MR) is 129 cm³/mol. The van der Waals surface area contributed by atoms with E-state index in [1.54, 1.807) is 0 Å². The number of hydrogen-bond acceptors (Lipinski definition) is 4. The van der Waals surface area contributed by atoms with Crippen LogP contribution in [-0.2, 0) is 13.6 Å². The zero-order valence-electron chi connectivity index (χ0n) is 21.0. The lowest BCUT2D eigenvalue weighted by atomic mass is 10.0. The molecule has 0 fully saturated rings. The first-order chi connectivity index (χ1) is 13.0. The lowest BCUT2D eigenvalue weighted by Gasteiger charge is -2.44. The third kappa shape index (κ3) is 7.58. The van der Waals surface area contributed by atoms with Gasteiger partial charge in [0.25, 0.3) is 0 Å². The molecule has 6 heteroatoms. The zero-order valence-corrected chi connectivity index (χ0v) is 23.0. The summed E-state index contributed by atoms with van der Waals surface area (Å²) in [6, 6.07) is 0. The van der Waals surface area contributed by atoms with Crippen molar-refractivity contribution in [3.8, 4) is 0 Å². The van der Waals surface area contributed by atoms with Gasteiger partial charge in [-0.1, -0.05) is 60.6 Å². The molecule has 4 atom stereocenters. The van der Waals surface area contributed by atoms with Crippen molar-refractivity contribution in [1.29, 1.82) is 0 Å². The predicted octanol–water partition coefficient (Wildman–Crippen LogP) is 6.27. The van der Waals surface area contributed by atoms with E-state index in [1.165, 1.54) is 0 Å². The Balaban J connectivity index is 3.13. The zero-order chi connectivity index (χ0) is 22.7. The first kappa shape index (κ1) is 27.0. The summed E-state index contributed by atoms with van der Waals surface area (Å²) in [6.07, 6.45) is 5.67. The number of ether oxygens (including phenoxy) is 1. The minimum Gasteiger partial charge on any atom is -0.414 e. The third-order valence-corrected chi connectivity index (χ3v) is 16.2. The molecular weight excluding hydrogens is 396 g/mol. The summed E-state index contributed by atoms with van der Waals surface area (Å²) in [5, 5.41) is 10.8. The average molecular weight is 445 g/mol. The molecule has 0 saturated heterocycles. The van der Waals surface area contributed by atoms with E-state index in [4.69, 9.17) is 13.6 Å². The Labute approximate surface area is 182 Å². The maximum Gasteiger partial charge on any atom is 0.192 e. The molecule has 0 aromatic heterocycles. The second-order valence-electron chi connectivity index (χ2n) is 11.6. The second-order valence-corrected chi connectivity index (χ2v) is 21.2. The molecule has 4 nitrogen and oxygen atoms in total. The Bertz CT molecular complexity index is 532. The topological polar surface area (TPSA) is 47.9 Å². The van der Waals surface area contributed by atoms with Crippen molar-refractivity contribution in [2.45, 2.75) is 128 Å². The fourth-order valence-corrected chi connectivity index (χ4v) is 5.20. The van der Waals surface area contributed by atoms with Gasteiger partial charge in [0, 0.05) is 0 Å². The summed E-state index contributed by atoms with van der Waals surface area (Å²) in [6.45, 7) is 25.2. The van der Waals surface area contributed by atoms with Crippen molar-refractivity contribution >= 4 is 16.6 Å². The Morgan fingerprint density at radius 1 is 0.966 bits per heavy atom. The van der Waals surface area contributed by atoms with Crippen LogP contribution in [0.2, 0.25) is 36.3 Å². The van der Waals surface area contributed by atoms with Gasteiger partial charge in [0.05, 0.1) is 24.9 Å².